The summed E-state index contributed by atoms with van der Waals surface area (Å²) in [6, 6.07) is 13.9. The van der Waals surface area contributed by atoms with E-state index < -0.39 is 0 Å². The van der Waals surface area contributed by atoms with E-state index in [4.69, 9.17) is 9.97 Å². The zero-order valence-corrected chi connectivity index (χ0v) is 33.3. The molecule has 278 valence electrons. The van der Waals surface area contributed by atoms with Crippen LogP contribution >= 0.6 is 16.4 Å². The SMILES string of the molecule is C=PC(C)C(=O)NC1CCCCC1CCc1ncc(-c2ccc3c(c2)Cc2cc(-c4cnc(CN(C(=O)C(C)P=C)C5CCCCC5C)[nH]4)ccc2-3)[nH]1. The molecule has 0 saturated heterocycles. The van der Waals surface area contributed by atoms with Crippen LogP contribution in [0.25, 0.3) is 33.6 Å². The lowest BCUT2D eigenvalue weighted by Crippen LogP contribution is -2.47. The number of nitrogens with one attached hydrogen (secondary N) is 3. The lowest BCUT2D eigenvalue weighted by atomic mass is 9.81. The monoisotopic (exact) mass is 748 g/mol. The maximum absolute atomic E-state index is 13.5. The fourth-order valence-electron chi connectivity index (χ4n) is 8.82. The van der Waals surface area contributed by atoms with Gasteiger partial charge in [-0.1, -0.05) is 85.9 Å². The number of carbonyl (C=O) groups is 2. The first-order valence-electron chi connectivity index (χ1n) is 19.6. The van der Waals surface area contributed by atoms with E-state index in [9.17, 15) is 9.59 Å². The first kappa shape index (κ1) is 37.5. The molecule has 10 heteroatoms. The van der Waals surface area contributed by atoms with Gasteiger partial charge in [0.25, 0.3) is 0 Å². The summed E-state index contributed by atoms with van der Waals surface area (Å²) < 4.78 is 0. The Hall–Kier alpha value is -3.86. The molecule has 0 bridgehead atoms. The number of aromatic amines is 2. The zero-order chi connectivity index (χ0) is 37.1. The molecule has 3 aliphatic carbocycles. The summed E-state index contributed by atoms with van der Waals surface area (Å²) in [7, 11) is 1.72. The van der Waals surface area contributed by atoms with Crippen molar-refractivity contribution in [3.8, 4) is 33.6 Å². The fraction of sp³-hybridized carbons (Fsp3) is 0.488. The Balaban J connectivity index is 1.00. The molecule has 3 aliphatic rings. The summed E-state index contributed by atoms with van der Waals surface area (Å²) >= 11 is 0. The minimum atomic E-state index is -0.124. The van der Waals surface area contributed by atoms with Crippen LogP contribution in [0.5, 0.6) is 0 Å². The second kappa shape index (κ2) is 16.7. The van der Waals surface area contributed by atoms with Crippen molar-refractivity contribution in [2.75, 3.05) is 0 Å². The van der Waals surface area contributed by atoms with Gasteiger partial charge in [-0.2, -0.15) is 0 Å². The Morgan fingerprint density at radius 3 is 2.11 bits per heavy atom. The first-order valence-corrected chi connectivity index (χ1v) is 21.9. The van der Waals surface area contributed by atoms with E-state index in [2.05, 4.69) is 76.1 Å². The maximum atomic E-state index is 13.5. The average Bonchev–Trinajstić information content (AvgIpc) is 3.94. The molecular weight excluding hydrogens is 694 g/mol. The average molecular weight is 749 g/mol. The van der Waals surface area contributed by atoms with Crippen LogP contribution < -0.4 is 5.32 Å². The van der Waals surface area contributed by atoms with Crippen LogP contribution in [-0.4, -0.2) is 72.7 Å². The number of carbonyl (C=O) groups excluding carboxylic acids is 2. The van der Waals surface area contributed by atoms with Crippen LogP contribution in [0.3, 0.4) is 0 Å². The van der Waals surface area contributed by atoms with Gasteiger partial charge in [-0.05, 0) is 110 Å². The predicted molar refractivity (Wildman–Crippen MR) is 221 cm³/mol. The summed E-state index contributed by atoms with van der Waals surface area (Å²) in [6.45, 7) is 6.71. The molecule has 2 heterocycles. The molecular formula is C43H54N6O2P2. The summed E-state index contributed by atoms with van der Waals surface area (Å²) in [5.74, 6) is 3.09. The number of hydrogen-bond acceptors (Lipinski definition) is 4. The summed E-state index contributed by atoms with van der Waals surface area (Å²) in [6.07, 6.45) is 23.7. The van der Waals surface area contributed by atoms with Gasteiger partial charge in [0.15, 0.2) is 0 Å². The first-order chi connectivity index (χ1) is 25.7. The molecule has 53 heavy (non-hydrogen) atoms. The molecule has 2 saturated carbocycles. The lowest BCUT2D eigenvalue weighted by molar-refractivity contribution is -0.135. The quantitative estimate of drug-likeness (QED) is 0.105. The number of fused-ring (bicyclic) bond motifs is 3. The number of imidazole rings is 2. The van der Waals surface area contributed by atoms with Crippen LogP contribution in [0, 0.1) is 11.8 Å². The van der Waals surface area contributed by atoms with Crippen molar-refractivity contribution in [3.63, 3.8) is 0 Å². The van der Waals surface area contributed by atoms with Crippen LogP contribution in [0.4, 0.5) is 0 Å². The Morgan fingerprint density at radius 2 is 1.45 bits per heavy atom. The third-order valence-corrected chi connectivity index (χ3v) is 13.7. The van der Waals surface area contributed by atoms with Crippen LogP contribution in [0.15, 0.2) is 48.8 Å². The summed E-state index contributed by atoms with van der Waals surface area (Å²) in [4.78, 5) is 44.9. The van der Waals surface area contributed by atoms with E-state index in [1.165, 1.54) is 47.9 Å². The summed E-state index contributed by atoms with van der Waals surface area (Å²) in [5.41, 5.74) is 9.28. The molecule has 7 rings (SSSR count). The molecule has 0 radical (unpaired) electrons. The van der Waals surface area contributed by atoms with Gasteiger partial charge in [0, 0.05) is 18.5 Å². The van der Waals surface area contributed by atoms with Crippen molar-refractivity contribution in [2.24, 2.45) is 11.8 Å². The van der Waals surface area contributed by atoms with E-state index in [1.807, 2.05) is 26.2 Å². The van der Waals surface area contributed by atoms with Gasteiger partial charge in [0.05, 0.1) is 41.6 Å². The van der Waals surface area contributed by atoms with Gasteiger partial charge in [-0.15, -0.1) is 0 Å². The molecule has 6 atom stereocenters. The molecule has 6 unspecified atom stereocenters. The number of hydrogen-bond donors (Lipinski definition) is 3. The Morgan fingerprint density at radius 1 is 0.849 bits per heavy atom. The van der Waals surface area contributed by atoms with E-state index in [0.717, 1.165) is 95.5 Å². The van der Waals surface area contributed by atoms with Crippen molar-refractivity contribution >= 4 is 40.8 Å². The molecule has 0 aliphatic heterocycles. The number of benzene rings is 2. The number of nitrogens with zero attached hydrogens (tertiary/aromatic N) is 3. The molecule has 2 fully saturated rings. The highest BCUT2D eigenvalue weighted by molar-refractivity contribution is 7.39. The largest absolute Gasteiger partial charge is 0.352 e. The fourth-order valence-corrected chi connectivity index (χ4v) is 9.37. The van der Waals surface area contributed by atoms with Gasteiger partial charge in [0.1, 0.15) is 11.6 Å². The topological polar surface area (TPSA) is 107 Å². The van der Waals surface area contributed by atoms with Crippen molar-refractivity contribution in [1.29, 1.82) is 0 Å². The molecule has 3 N–H and O–H groups in total. The number of H-pyrrole nitrogens is 2. The smallest absolute Gasteiger partial charge is 0.234 e. The third kappa shape index (κ3) is 8.30. The van der Waals surface area contributed by atoms with Gasteiger partial charge >= 0.3 is 0 Å². The van der Waals surface area contributed by atoms with Crippen LogP contribution in [0.2, 0.25) is 0 Å². The maximum Gasteiger partial charge on any atom is 0.234 e. The van der Waals surface area contributed by atoms with E-state index in [-0.39, 0.29) is 35.2 Å². The highest BCUT2D eigenvalue weighted by atomic mass is 31.1. The van der Waals surface area contributed by atoms with Crippen LogP contribution in [-0.2, 0) is 29.0 Å². The minimum Gasteiger partial charge on any atom is -0.352 e. The molecule has 2 aromatic heterocycles. The van der Waals surface area contributed by atoms with Crippen molar-refractivity contribution < 1.29 is 9.59 Å². The number of rotatable bonds is 13. The molecule has 2 amide bonds. The van der Waals surface area contributed by atoms with E-state index in [0.29, 0.717) is 18.4 Å². The van der Waals surface area contributed by atoms with E-state index >= 15 is 0 Å². The Bertz CT molecular complexity index is 1970. The van der Waals surface area contributed by atoms with Crippen molar-refractivity contribution in [2.45, 2.75) is 121 Å². The molecule has 8 nitrogen and oxygen atoms in total. The van der Waals surface area contributed by atoms with Gasteiger partial charge < -0.3 is 20.2 Å². The minimum absolute atomic E-state index is 0.0697. The normalized spacial score (nSPS) is 22.2. The standard InChI is InChI=1S/C43H54N6O2P2/c1-26-10-6-9-13-39(26)49(43(51)28(3)53-5)25-41-45-24-38(47-41)31-15-18-35-33(21-31)22-32-20-30(14-17-34(32)35)37-23-44-40(46-37)19-16-29-11-7-8-12-36(29)48-42(50)27(2)52-4/h14-15,17-18,20-21,23-24,26-29,36,39H,4-13,16,19,22,25H2,1-3H3,(H,44,46)(H,45,47)(H,48,50). The zero-order valence-electron chi connectivity index (χ0n) is 31.5. The van der Waals surface area contributed by atoms with Gasteiger partial charge in [-0.3, -0.25) is 9.59 Å². The van der Waals surface area contributed by atoms with Crippen molar-refractivity contribution in [1.82, 2.24) is 30.2 Å². The molecule has 2 aromatic carbocycles. The third-order valence-electron chi connectivity index (χ3n) is 12.1. The molecule has 0 spiro atoms. The number of amides is 2. The van der Waals surface area contributed by atoms with Gasteiger partial charge in [0.2, 0.25) is 11.8 Å². The lowest BCUT2D eigenvalue weighted by Gasteiger charge is -2.39. The van der Waals surface area contributed by atoms with E-state index in [1.54, 1.807) is 0 Å². The Kier molecular flexibility index (Phi) is 11.8. The summed E-state index contributed by atoms with van der Waals surface area (Å²) in [5, 5.41) is 3.32. The second-order valence-electron chi connectivity index (χ2n) is 15.6. The highest BCUT2D eigenvalue weighted by Gasteiger charge is 2.33. The van der Waals surface area contributed by atoms with Gasteiger partial charge in [-0.25, -0.2) is 9.97 Å². The number of aromatic nitrogens is 4. The Labute approximate surface area is 318 Å². The second-order valence-corrected chi connectivity index (χ2v) is 17.9. The number of aryl methyl sites for hydroxylation is 1. The molecule has 4 aromatic rings. The highest BCUT2D eigenvalue weighted by Crippen LogP contribution is 2.40. The predicted octanol–water partition coefficient (Wildman–Crippen LogP) is 9.09. The van der Waals surface area contributed by atoms with Crippen LogP contribution in [0.1, 0.15) is 101 Å². The van der Waals surface area contributed by atoms with Crippen molar-refractivity contribution in [3.05, 3.63) is 71.6 Å².